The van der Waals surface area contributed by atoms with Crippen LogP contribution in [0.25, 0.3) is 0 Å². The number of unbranched alkanes of at least 4 members (excludes halogenated alkanes) is 4. The fraction of sp³-hybridized carbons (Fsp3) is 0.565. The predicted octanol–water partition coefficient (Wildman–Crippen LogP) is 3.32. The molecule has 0 aromatic heterocycles. The number of thiocyanates is 1. The van der Waals surface area contributed by atoms with Crippen molar-refractivity contribution in [2.75, 3.05) is 38.5 Å². The molecule has 0 unspecified atom stereocenters. The van der Waals surface area contributed by atoms with Crippen LogP contribution in [-0.4, -0.2) is 70.7 Å². The van der Waals surface area contributed by atoms with E-state index < -0.39 is 5.91 Å². The van der Waals surface area contributed by atoms with Crippen LogP contribution in [0.1, 0.15) is 51.4 Å². The summed E-state index contributed by atoms with van der Waals surface area (Å²) in [4.78, 5) is 24.7. The zero-order chi connectivity index (χ0) is 25.9. The maximum Gasteiger partial charge on any atom is 0.246 e. The Labute approximate surface area is 216 Å². The molecule has 0 spiro atoms. The molecular weight excluding hydrogens is 488 g/mol. The monoisotopic (exact) mass is 524 g/mol. The highest BCUT2D eigenvalue weighted by Gasteiger charge is 2.12. The van der Waals surface area contributed by atoms with Crippen LogP contribution < -0.4 is 16.0 Å². The second-order valence-corrected chi connectivity index (χ2v) is 9.23. The van der Waals surface area contributed by atoms with Gasteiger partial charge in [0.1, 0.15) is 5.40 Å². The van der Waals surface area contributed by atoms with Crippen molar-refractivity contribution in [3.8, 4) is 5.40 Å². The minimum absolute atomic E-state index is 0.0324. The number of hydrogen-bond donors (Lipinski definition) is 5. The van der Waals surface area contributed by atoms with Crippen molar-refractivity contribution in [1.29, 1.82) is 5.26 Å². The smallest absolute Gasteiger partial charge is 0.246 e. The SMILES string of the molecule is CN(O)CCCCCNC(=O)CCC(=O)N(O)CCCCCNC(=S)Nc1ccc(SC#N)cc1. The first kappa shape index (κ1) is 30.6. The summed E-state index contributed by atoms with van der Waals surface area (Å²) in [6.45, 7) is 2.00. The Hall–Kier alpha value is -2.43. The molecule has 35 heavy (non-hydrogen) atoms. The summed E-state index contributed by atoms with van der Waals surface area (Å²) in [6.07, 6.45) is 4.81. The molecule has 0 bridgehead atoms. The van der Waals surface area contributed by atoms with Gasteiger partial charge in [-0.2, -0.15) is 10.3 Å². The van der Waals surface area contributed by atoms with Gasteiger partial charge in [0, 0.05) is 56.7 Å². The number of thioether (sulfide) groups is 1. The quantitative estimate of drug-likeness (QED) is 0.0514. The lowest BCUT2D eigenvalue weighted by Gasteiger charge is -2.15. The normalized spacial score (nSPS) is 10.5. The highest BCUT2D eigenvalue weighted by molar-refractivity contribution is 8.03. The van der Waals surface area contributed by atoms with E-state index in [0.29, 0.717) is 36.2 Å². The van der Waals surface area contributed by atoms with Crippen molar-refractivity contribution in [2.45, 2.75) is 56.3 Å². The van der Waals surface area contributed by atoms with Crippen LogP contribution in [0.4, 0.5) is 5.69 Å². The highest BCUT2D eigenvalue weighted by Crippen LogP contribution is 2.18. The molecule has 0 aliphatic carbocycles. The van der Waals surface area contributed by atoms with Gasteiger partial charge in [0.15, 0.2) is 5.11 Å². The van der Waals surface area contributed by atoms with Crippen LogP contribution >= 0.6 is 24.0 Å². The van der Waals surface area contributed by atoms with Gasteiger partial charge >= 0.3 is 0 Å². The van der Waals surface area contributed by atoms with E-state index in [1.54, 1.807) is 7.05 Å². The molecule has 0 aliphatic rings. The third-order valence-corrected chi connectivity index (χ3v) is 5.79. The van der Waals surface area contributed by atoms with E-state index >= 15 is 0 Å². The number of rotatable bonds is 17. The largest absolute Gasteiger partial charge is 0.362 e. The van der Waals surface area contributed by atoms with Crippen LogP contribution in [0.5, 0.6) is 0 Å². The molecule has 0 radical (unpaired) electrons. The Bertz CT molecular complexity index is 817. The number of thiocarbonyl (C=S) groups is 1. The molecule has 12 heteroatoms. The van der Waals surface area contributed by atoms with Crippen LogP contribution in [0, 0.1) is 10.7 Å². The Balaban J connectivity index is 2.04. The predicted molar refractivity (Wildman–Crippen MR) is 140 cm³/mol. The first-order chi connectivity index (χ1) is 16.8. The third kappa shape index (κ3) is 16.0. The van der Waals surface area contributed by atoms with Crippen LogP contribution in [0.3, 0.4) is 0 Å². The Morgan fingerprint density at radius 3 is 2.23 bits per heavy atom. The number of carbonyl (C=O) groups is 2. The molecule has 194 valence electrons. The van der Waals surface area contributed by atoms with Crippen molar-refractivity contribution in [1.82, 2.24) is 20.8 Å². The summed E-state index contributed by atoms with van der Waals surface area (Å²) in [5.41, 5.74) is 0.832. The lowest BCUT2D eigenvalue weighted by Crippen LogP contribution is -2.31. The van der Waals surface area contributed by atoms with Crippen LogP contribution in [-0.2, 0) is 9.59 Å². The van der Waals surface area contributed by atoms with E-state index in [1.165, 1.54) is 0 Å². The molecule has 10 nitrogen and oxygen atoms in total. The number of nitrogens with one attached hydrogen (secondary N) is 3. The average Bonchev–Trinajstić information content (AvgIpc) is 2.83. The molecule has 0 heterocycles. The zero-order valence-corrected chi connectivity index (χ0v) is 21.8. The van der Waals surface area contributed by atoms with E-state index in [0.717, 1.165) is 59.5 Å². The fourth-order valence-corrected chi connectivity index (χ4v) is 3.63. The summed E-state index contributed by atoms with van der Waals surface area (Å²) in [5.74, 6) is -0.674. The van der Waals surface area contributed by atoms with Gasteiger partial charge < -0.3 is 21.2 Å². The van der Waals surface area contributed by atoms with Gasteiger partial charge in [-0.05, 0) is 80.3 Å². The van der Waals surface area contributed by atoms with Crippen molar-refractivity contribution >= 4 is 46.6 Å². The number of hydroxylamine groups is 4. The average molecular weight is 525 g/mol. The van der Waals surface area contributed by atoms with E-state index in [-0.39, 0.29) is 25.3 Å². The second kappa shape index (κ2) is 18.8. The molecule has 2 amide bonds. The van der Waals surface area contributed by atoms with Gasteiger partial charge in [-0.15, -0.1) is 0 Å². The molecule has 0 aliphatic heterocycles. The third-order valence-electron chi connectivity index (χ3n) is 4.94. The van der Waals surface area contributed by atoms with Crippen molar-refractivity contribution in [2.24, 2.45) is 0 Å². The first-order valence-corrected chi connectivity index (χ1v) is 12.9. The molecule has 0 atom stereocenters. The molecule has 0 saturated carbocycles. The first-order valence-electron chi connectivity index (χ1n) is 11.7. The molecular formula is C23H36N6O4S2. The fourth-order valence-electron chi connectivity index (χ4n) is 3.03. The van der Waals surface area contributed by atoms with Gasteiger partial charge in [0.25, 0.3) is 0 Å². The van der Waals surface area contributed by atoms with Crippen LogP contribution in [0.15, 0.2) is 29.2 Å². The molecule has 5 N–H and O–H groups in total. The summed E-state index contributed by atoms with van der Waals surface area (Å²) in [5, 5.41) is 40.9. The molecule has 1 aromatic rings. The van der Waals surface area contributed by atoms with Gasteiger partial charge in [0.2, 0.25) is 11.8 Å². The molecule has 1 rings (SSSR count). The number of hydrogen-bond acceptors (Lipinski definition) is 8. The van der Waals surface area contributed by atoms with Gasteiger partial charge in [-0.3, -0.25) is 14.8 Å². The number of benzene rings is 1. The van der Waals surface area contributed by atoms with Gasteiger partial charge in [0.05, 0.1) is 0 Å². The topological polar surface area (TPSA) is 141 Å². The van der Waals surface area contributed by atoms with E-state index in [1.807, 2.05) is 29.7 Å². The van der Waals surface area contributed by atoms with Crippen LogP contribution in [0.2, 0.25) is 0 Å². The highest BCUT2D eigenvalue weighted by atomic mass is 32.2. The molecule has 0 fully saturated rings. The van der Waals surface area contributed by atoms with Gasteiger partial charge in [-0.25, -0.2) is 5.06 Å². The molecule has 0 saturated heterocycles. The summed E-state index contributed by atoms with van der Waals surface area (Å²) in [7, 11) is 1.59. The summed E-state index contributed by atoms with van der Waals surface area (Å²) < 4.78 is 0. The van der Waals surface area contributed by atoms with Crippen molar-refractivity contribution < 1.29 is 20.0 Å². The Morgan fingerprint density at radius 2 is 1.60 bits per heavy atom. The minimum Gasteiger partial charge on any atom is -0.362 e. The lowest BCUT2D eigenvalue weighted by molar-refractivity contribution is -0.166. The molecule has 1 aromatic carbocycles. The van der Waals surface area contributed by atoms with E-state index in [2.05, 4.69) is 16.0 Å². The number of anilines is 1. The second-order valence-electron chi connectivity index (χ2n) is 7.97. The van der Waals surface area contributed by atoms with E-state index in [9.17, 15) is 14.8 Å². The van der Waals surface area contributed by atoms with Crippen molar-refractivity contribution in [3.05, 3.63) is 24.3 Å². The number of nitriles is 1. The number of nitrogens with zero attached hydrogens (tertiary/aromatic N) is 3. The van der Waals surface area contributed by atoms with Crippen molar-refractivity contribution in [3.63, 3.8) is 0 Å². The maximum absolute atomic E-state index is 12.0. The maximum atomic E-state index is 12.0. The standard InChI is InChI=1S/C23H36N6O4S2/c1-28(32)16-6-2-4-14-25-21(30)12-13-22(31)29(33)17-7-3-5-15-26-23(34)27-19-8-10-20(11-9-19)35-18-24/h8-11,32-33H,2-7,12-17H2,1H3,(H,25,30)(H2,26,27,34). The number of carbonyl (C=O) groups excluding carboxylic acids is 2. The summed E-state index contributed by atoms with van der Waals surface area (Å²) in [6, 6.07) is 7.39. The van der Waals surface area contributed by atoms with Gasteiger partial charge in [-0.1, -0.05) is 6.42 Å². The Morgan fingerprint density at radius 1 is 0.971 bits per heavy atom. The zero-order valence-electron chi connectivity index (χ0n) is 20.2. The Kier molecular flexibility index (Phi) is 16.5. The summed E-state index contributed by atoms with van der Waals surface area (Å²) >= 11 is 6.36. The minimum atomic E-state index is -0.464. The van der Waals surface area contributed by atoms with E-state index in [4.69, 9.17) is 22.7 Å². The number of amides is 2. The lowest BCUT2D eigenvalue weighted by atomic mass is 10.2.